The molecule has 8 nitrogen and oxygen atoms in total. The Labute approximate surface area is 151 Å². The smallest absolute Gasteiger partial charge is 0.328 e. The van der Waals surface area contributed by atoms with E-state index in [0.29, 0.717) is 24.7 Å². The number of aliphatic carboxylic acids is 1. The van der Waals surface area contributed by atoms with Gasteiger partial charge in [-0.05, 0) is 19.1 Å². The minimum absolute atomic E-state index is 0.0291. The van der Waals surface area contributed by atoms with Crippen molar-refractivity contribution in [1.82, 2.24) is 4.90 Å². The molecule has 0 aromatic heterocycles. The lowest BCUT2D eigenvalue weighted by Crippen LogP contribution is -2.54. The molecule has 2 heterocycles. The average molecular weight is 362 g/mol. The van der Waals surface area contributed by atoms with Crippen LogP contribution in [-0.4, -0.2) is 66.7 Å². The maximum Gasteiger partial charge on any atom is 0.328 e. The van der Waals surface area contributed by atoms with Crippen molar-refractivity contribution in [1.29, 1.82) is 0 Å². The van der Waals surface area contributed by atoms with Gasteiger partial charge in [0.25, 0.3) is 0 Å². The third kappa shape index (κ3) is 3.50. The molecule has 1 aromatic rings. The van der Waals surface area contributed by atoms with Crippen molar-refractivity contribution in [3.05, 3.63) is 24.3 Å². The lowest BCUT2D eigenvalue weighted by atomic mass is 10.1. The molecular weight excluding hydrogens is 340 g/mol. The topological polar surface area (TPSA) is 96.4 Å². The number of carboxylic acids is 1. The third-order valence-electron chi connectivity index (χ3n) is 4.63. The van der Waals surface area contributed by atoms with Gasteiger partial charge in [-0.25, -0.2) is 4.79 Å². The van der Waals surface area contributed by atoms with Crippen molar-refractivity contribution in [3.8, 4) is 5.75 Å². The zero-order valence-corrected chi connectivity index (χ0v) is 14.6. The van der Waals surface area contributed by atoms with Crippen molar-refractivity contribution in [2.75, 3.05) is 37.8 Å². The molecule has 0 spiro atoms. The molecule has 26 heavy (non-hydrogen) atoms. The number of carbonyl (C=O) groups excluding carboxylic acids is 2. The first-order valence-electron chi connectivity index (χ1n) is 8.66. The van der Waals surface area contributed by atoms with Crippen LogP contribution in [0.2, 0.25) is 0 Å². The largest absolute Gasteiger partial charge is 0.492 e. The van der Waals surface area contributed by atoms with E-state index < -0.39 is 17.9 Å². The molecular formula is C18H22N2O6. The van der Waals surface area contributed by atoms with Crippen LogP contribution in [0.3, 0.4) is 0 Å². The van der Waals surface area contributed by atoms with Crippen LogP contribution in [-0.2, 0) is 19.1 Å². The summed E-state index contributed by atoms with van der Waals surface area (Å²) < 4.78 is 10.7. The van der Waals surface area contributed by atoms with Gasteiger partial charge >= 0.3 is 5.97 Å². The first-order chi connectivity index (χ1) is 12.5. The van der Waals surface area contributed by atoms with E-state index in [2.05, 4.69) is 0 Å². The highest BCUT2D eigenvalue weighted by Gasteiger charge is 2.42. The normalized spacial score (nSPS) is 23.2. The Kier molecular flexibility index (Phi) is 5.41. The van der Waals surface area contributed by atoms with Crippen LogP contribution in [0.5, 0.6) is 5.75 Å². The molecule has 2 amide bonds. The summed E-state index contributed by atoms with van der Waals surface area (Å²) in [5.74, 6) is -1.56. The number of carboxylic acid groups (broad SMARTS) is 1. The molecule has 3 rings (SSSR count). The van der Waals surface area contributed by atoms with Gasteiger partial charge in [0.2, 0.25) is 11.8 Å². The van der Waals surface area contributed by atoms with E-state index in [1.165, 1.54) is 4.90 Å². The Morgan fingerprint density at radius 3 is 2.85 bits per heavy atom. The lowest BCUT2D eigenvalue weighted by molar-refractivity contribution is -0.160. The van der Waals surface area contributed by atoms with E-state index in [4.69, 9.17) is 9.47 Å². The summed E-state index contributed by atoms with van der Waals surface area (Å²) >= 11 is 0. The number of hydrogen-bond acceptors (Lipinski definition) is 5. The molecule has 2 atom stereocenters. The first-order valence-corrected chi connectivity index (χ1v) is 8.66. The highest BCUT2D eigenvalue weighted by molar-refractivity contribution is 6.01. The van der Waals surface area contributed by atoms with Crippen LogP contribution in [0, 0.1) is 5.92 Å². The summed E-state index contributed by atoms with van der Waals surface area (Å²) in [6, 6.07) is 6.19. The van der Waals surface area contributed by atoms with Crippen LogP contribution in [0.15, 0.2) is 24.3 Å². The van der Waals surface area contributed by atoms with Gasteiger partial charge in [0.15, 0.2) is 6.04 Å². The number of rotatable bonds is 5. The van der Waals surface area contributed by atoms with Gasteiger partial charge in [0, 0.05) is 19.5 Å². The number of ether oxygens (including phenoxy) is 2. The van der Waals surface area contributed by atoms with Gasteiger partial charge < -0.3 is 24.4 Å². The van der Waals surface area contributed by atoms with Gasteiger partial charge in [-0.15, -0.1) is 0 Å². The Morgan fingerprint density at radius 1 is 1.35 bits per heavy atom. The number of benzene rings is 1. The zero-order valence-electron chi connectivity index (χ0n) is 14.6. The molecule has 140 valence electrons. The fourth-order valence-corrected chi connectivity index (χ4v) is 3.37. The van der Waals surface area contributed by atoms with Crippen LogP contribution >= 0.6 is 0 Å². The SMILES string of the molecule is CCOc1ccccc1N1C[C@H](C(=O)N2CCOC[C@H]2C(=O)O)CC1=O. The second-order valence-electron chi connectivity index (χ2n) is 6.27. The third-order valence-corrected chi connectivity index (χ3v) is 4.63. The molecule has 0 saturated carbocycles. The van der Waals surface area contributed by atoms with Gasteiger partial charge in [0.05, 0.1) is 31.4 Å². The van der Waals surface area contributed by atoms with Crippen LogP contribution < -0.4 is 9.64 Å². The molecule has 1 aromatic carbocycles. The minimum Gasteiger partial charge on any atom is -0.492 e. The van der Waals surface area contributed by atoms with E-state index in [9.17, 15) is 19.5 Å². The molecule has 2 aliphatic rings. The average Bonchev–Trinajstić information content (AvgIpc) is 3.03. The standard InChI is InChI=1S/C18H22N2O6/c1-2-26-15-6-4-3-5-13(15)20-10-12(9-16(20)21)17(22)19-7-8-25-11-14(19)18(23)24/h3-6,12,14H,2,7-11H2,1H3,(H,23,24)/t12-,14+/m1/s1. The quantitative estimate of drug-likeness (QED) is 0.830. The molecule has 2 aliphatic heterocycles. The van der Waals surface area contributed by atoms with Crippen molar-refractivity contribution in [2.45, 2.75) is 19.4 Å². The van der Waals surface area contributed by atoms with Gasteiger partial charge in [0.1, 0.15) is 5.75 Å². The number of hydrogen-bond donors (Lipinski definition) is 1. The van der Waals surface area contributed by atoms with Crippen LogP contribution in [0.25, 0.3) is 0 Å². The lowest BCUT2D eigenvalue weighted by Gasteiger charge is -2.34. The monoisotopic (exact) mass is 362 g/mol. The Morgan fingerprint density at radius 2 is 2.12 bits per heavy atom. The highest BCUT2D eigenvalue weighted by atomic mass is 16.5. The fourth-order valence-electron chi connectivity index (χ4n) is 3.37. The summed E-state index contributed by atoms with van der Waals surface area (Å²) in [5.41, 5.74) is 0.631. The first kappa shape index (κ1) is 18.2. The summed E-state index contributed by atoms with van der Waals surface area (Å²) in [6.07, 6.45) is 0.0585. The molecule has 1 N–H and O–H groups in total. The van der Waals surface area contributed by atoms with E-state index in [0.717, 1.165) is 0 Å². The number of para-hydroxylation sites is 2. The number of anilines is 1. The zero-order chi connectivity index (χ0) is 18.7. The number of nitrogens with zero attached hydrogens (tertiary/aromatic N) is 2. The number of amides is 2. The molecule has 0 aliphatic carbocycles. The predicted octanol–water partition coefficient (Wildman–Crippen LogP) is 0.750. The Hall–Kier alpha value is -2.61. The number of morpholine rings is 1. The van der Waals surface area contributed by atoms with Crippen LogP contribution in [0.4, 0.5) is 5.69 Å². The van der Waals surface area contributed by atoms with E-state index in [1.807, 2.05) is 19.1 Å². The second kappa shape index (κ2) is 7.74. The Bertz CT molecular complexity index is 707. The van der Waals surface area contributed by atoms with Gasteiger partial charge in [-0.2, -0.15) is 0 Å². The van der Waals surface area contributed by atoms with Crippen molar-refractivity contribution >= 4 is 23.5 Å². The van der Waals surface area contributed by atoms with E-state index >= 15 is 0 Å². The molecule has 2 fully saturated rings. The highest BCUT2D eigenvalue weighted by Crippen LogP contribution is 2.33. The number of carbonyl (C=O) groups is 3. The van der Waals surface area contributed by atoms with Crippen LogP contribution in [0.1, 0.15) is 13.3 Å². The van der Waals surface area contributed by atoms with Gasteiger partial charge in [-0.1, -0.05) is 12.1 Å². The fraction of sp³-hybridized carbons (Fsp3) is 0.500. The van der Waals surface area contributed by atoms with E-state index in [-0.39, 0.29) is 37.9 Å². The van der Waals surface area contributed by atoms with E-state index in [1.54, 1.807) is 17.0 Å². The maximum absolute atomic E-state index is 12.8. The molecule has 8 heteroatoms. The molecule has 0 bridgehead atoms. The molecule has 0 unspecified atom stereocenters. The van der Waals surface area contributed by atoms with Gasteiger partial charge in [-0.3, -0.25) is 9.59 Å². The van der Waals surface area contributed by atoms with Crippen molar-refractivity contribution in [3.63, 3.8) is 0 Å². The predicted molar refractivity (Wildman–Crippen MR) is 92.0 cm³/mol. The second-order valence-corrected chi connectivity index (χ2v) is 6.27. The summed E-state index contributed by atoms with van der Waals surface area (Å²) in [6.45, 7) is 3.03. The molecule has 2 saturated heterocycles. The Balaban J connectivity index is 1.77. The minimum atomic E-state index is -1.10. The van der Waals surface area contributed by atoms with Crippen molar-refractivity contribution < 1.29 is 29.0 Å². The van der Waals surface area contributed by atoms with Crippen molar-refractivity contribution in [2.24, 2.45) is 5.92 Å². The summed E-state index contributed by atoms with van der Waals surface area (Å²) in [5, 5.41) is 9.31. The summed E-state index contributed by atoms with van der Waals surface area (Å²) in [7, 11) is 0. The maximum atomic E-state index is 12.8. The summed E-state index contributed by atoms with van der Waals surface area (Å²) in [4.78, 5) is 39.6. The molecule has 0 radical (unpaired) electrons.